The van der Waals surface area contributed by atoms with Crippen molar-refractivity contribution < 1.29 is 48.4 Å². The van der Waals surface area contributed by atoms with E-state index in [0.29, 0.717) is 11.5 Å². The van der Waals surface area contributed by atoms with E-state index in [2.05, 4.69) is 0 Å². The molecule has 1 N–H and O–H groups in total. The van der Waals surface area contributed by atoms with E-state index in [4.69, 9.17) is 40.6 Å². The van der Waals surface area contributed by atoms with Gasteiger partial charge in [0.15, 0.2) is 0 Å². The molecule has 4 rings (SSSR count). The Balaban J connectivity index is 0.00000337. The van der Waals surface area contributed by atoms with Crippen LogP contribution in [0.2, 0.25) is 0 Å². The molecule has 5 atom stereocenters. The molecule has 3 aromatic rings. The molecule has 3 aromatic carbocycles. The Labute approximate surface area is 291 Å². The molecular weight excluding hydrogens is 650 g/mol. The van der Waals surface area contributed by atoms with Gasteiger partial charge in [0.1, 0.15) is 43.3 Å². The minimum absolute atomic E-state index is 0. The molecule has 1 aliphatic heterocycles. The van der Waals surface area contributed by atoms with Gasteiger partial charge in [0.25, 0.3) is 0 Å². The summed E-state index contributed by atoms with van der Waals surface area (Å²) in [6.07, 6.45) is -4.23. The standard InChI is InChI=1S/C30H33BO10P.Sr.H/c1-20(2)40-42(33,34)41-27-26(39-29(31)28(27)37-19-32)18-38-30(21-8-6-5-7-9-21,22-10-14-24(35-3)15-11-22)23-12-16-25(36-4)17-13-23;;/h5-17,20,26-29H,18H2,1-4H3,(H,33,34);;/q-1;+2;-1/t26-,27+,28?,29-;;/m1../s1. The Bertz CT molecular complexity index is 1300. The third-order valence-corrected chi connectivity index (χ3v) is 7.96. The Morgan fingerprint density at radius 1 is 0.930 bits per heavy atom. The molecule has 0 bridgehead atoms. The molecule has 1 heterocycles. The zero-order valence-electron chi connectivity index (χ0n) is 25.5. The van der Waals surface area contributed by atoms with Crippen molar-refractivity contribution in [2.45, 2.75) is 49.9 Å². The number of hydrogen-bond donors (Lipinski definition) is 1. The van der Waals surface area contributed by atoms with E-state index in [1.807, 2.05) is 78.9 Å². The van der Waals surface area contributed by atoms with E-state index in [-0.39, 0.29) is 53.5 Å². The van der Waals surface area contributed by atoms with Gasteiger partial charge in [-0.1, -0.05) is 61.1 Å². The van der Waals surface area contributed by atoms with Crippen LogP contribution in [0.25, 0.3) is 0 Å². The molecule has 0 spiro atoms. The fourth-order valence-corrected chi connectivity index (χ4v) is 6.08. The van der Waals surface area contributed by atoms with Gasteiger partial charge in [0, 0.05) is 0 Å². The molecule has 1 aliphatic rings. The fraction of sp³-hybridized carbons (Fsp3) is 0.367. The zero-order valence-corrected chi connectivity index (χ0v) is 28.8. The first kappa shape index (κ1) is 35.8. The van der Waals surface area contributed by atoms with Crippen molar-refractivity contribution in [3.05, 3.63) is 95.6 Å². The van der Waals surface area contributed by atoms with Crippen molar-refractivity contribution in [3.63, 3.8) is 0 Å². The van der Waals surface area contributed by atoms with E-state index in [0.717, 1.165) is 16.7 Å². The first-order chi connectivity index (χ1) is 20.1. The summed E-state index contributed by atoms with van der Waals surface area (Å²) in [5.74, 6) is 1.31. The minimum Gasteiger partial charge on any atom is -1.00 e. The summed E-state index contributed by atoms with van der Waals surface area (Å²) < 4.78 is 51.7. The van der Waals surface area contributed by atoms with E-state index in [1.54, 1.807) is 28.1 Å². The monoisotopic (exact) mass is 684 g/mol. The average Bonchev–Trinajstić information content (AvgIpc) is 3.26. The van der Waals surface area contributed by atoms with Gasteiger partial charge < -0.3 is 34.8 Å². The van der Waals surface area contributed by atoms with Crippen LogP contribution in [0.5, 0.6) is 11.5 Å². The molecule has 0 aliphatic carbocycles. The smallest absolute Gasteiger partial charge is 1.00 e. The van der Waals surface area contributed by atoms with Crippen molar-refractivity contribution in [2.24, 2.45) is 0 Å². The van der Waals surface area contributed by atoms with Crippen LogP contribution in [0, 0.1) is 0 Å². The molecule has 10 nitrogen and oxygen atoms in total. The van der Waals surface area contributed by atoms with Crippen LogP contribution >= 0.6 is 7.82 Å². The number of phosphoric ester groups is 1. The molecule has 0 aromatic heterocycles. The molecule has 43 heavy (non-hydrogen) atoms. The number of hydrogen-bond acceptors (Lipinski definition) is 9. The third-order valence-electron chi connectivity index (χ3n) is 6.77. The molecule has 224 valence electrons. The Morgan fingerprint density at radius 2 is 1.44 bits per heavy atom. The predicted molar refractivity (Wildman–Crippen MR) is 161 cm³/mol. The molecule has 2 unspecified atom stereocenters. The molecular formula is C30H34BO10PSr. The first-order valence-electron chi connectivity index (χ1n) is 13.3. The van der Waals surface area contributed by atoms with Crippen LogP contribution < -0.4 is 9.47 Å². The minimum atomic E-state index is -4.61. The van der Waals surface area contributed by atoms with E-state index < -0.39 is 43.8 Å². The van der Waals surface area contributed by atoms with Gasteiger partial charge in [0.2, 0.25) is 0 Å². The summed E-state index contributed by atoms with van der Waals surface area (Å²) in [6.45, 7) is 4.28. The van der Waals surface area contributed by atoms with E-state index in [1.165, 1.54) is 6.47 Å². The summed E-state index contributed by atoms with van der Waals surface area (Å²) in [5, 5.41) is 0. The number of benzene rings is 3. The maximum absolute atomic E-state index is 12.8. The predicted octanol–water partition coefficient (Wildman–Crippen LogP) is 4.00. The summed E-state index contributed by atoms with van der Waals surface area (Å²) in [7, 11) is 4.66. The number of carbonyl (C=O) groups excluding carboxylic acids is 1. The second kappa shape index (κ2) is 16.0. The Kier molecular flexibility index (Phi) is 13.3. The molecule has 1 saturated heterocycles. The molecule has 1 fully saturated rings. The van der Waals surface area contributed by atoms with Gasteiger partial charge in [-0.3, -0.25) is 9.05 Å². The van der Waals surface area contributed by atoms with Gasteiger partial charge in [-0.05, 0) is 54.8 Å². The second-order valence-corrected chi connectivity index (χ2v) is 11.2. The molecule has 0 saturated carbocycles. The fourth-order valence-electron chi connectivity index (χ4n) is 4.93. The number of phosphoric acid groups is 1. The molecule has 2 radical (unpaired) electrons. The summed E-state index contributed by atoms with van der Waals surface area (Å²) >= 11 is 0. The topological polar surface area (TPSA) is 119 Å². The van der Waals surface area contributed by atoms with E-state index in [9.17, 15) is 14.3 Å². The van der Waals surface area contributed by atoms with Crippen molar-refractivity contribution in [1.29, 1.82) is 0 Å². The van der Waals surface area contributed by atoms with Gasteiger partial charge in [-0.25, -0.2) is 4.57 Å². The second-order valence-electron chi connectivity index (χ2n) is 9.81. The summed E-state index contributed by atoms with van der Waals surface area (Å²) in [6, 6.07) is 23.2. The first-order valence-corrected chi connectivity index (χ1v) is 14.7. The van der Waals surface area contributed by atoms with Gasteiger partial charge in [-0.15, -0.1) is 0 Å². The van der Waals surface area contributed by atoms with Gasteiger partial charge in [0.05, 0.1) is 32.9 Å². The van der Waals surface area contributed by atoms with Crippen LogP contribution in [0.3, 0.4) is 0 Å². The van der Waals surface area contributed by atoms with Crippen molar-refractivity contribution in [3.8, 4) is 11.5 Å². The van der Waals surface area contributed by atoms with Gasteiger partial charge >= 0.3 is 53.3 Å². The summed E-state index contributed by atoms with van der Waals surface area (Å²) in [5.41, 5.74) is 1.07. The number of ether oxygens (including phenoxy) is 5. The van der Waals surface area contributed by atoms with Crippen molar-refractivity contribution in [2.75, 3.05) is 20.8 Å². The van der Waals surface area contributed by atoms with Crippen LogP contribution in [0.15, 0.2) is 78.9 Å². The maximum Gasteiger partial charge on any atom is 2.00 e. The maximum atomic E-state index is 12.8. The average molecular weight is 684 g/mol. The quantitative estimate of drug-likeness (QED) is 0.116. The Hall–Kier alpha value is -1.69. The van der Waals surface area contributed by atoms with Crippen molar-refractivity contribution >= 4 is 67.6 Å². The number of rotatable bonds is 14. The number of methoxy groups -OCH3 is 2. The summed E-state index contributed by atoms with van der Waals surface area (Å²) in [4.78, 5) is 21.5. The van der Waals surface area contributed by atoms with Crippen molar-refractivity contribution in [1.82, 2.24) is 0 Å². The zero-order chi connectivity index (χ0) is 30.3. The third kappa shape index (κ3) is 8.52. The molecule has 13 heteroatoms. The SMILES string of the molecule is [B][C@@H]1O[C@H](COC(c2ccccc2)(c2ccc(OC)cc2)c2ccc(OC)cc2)[C@H](OP(=O)(O)OC(C)C)C1O[C-]=O.[H-].[Sr+2]. The van der Waals surface area contributed by atoms with Crippen LogP contribution in [0.4, 0.5) is 0 Å². The normalized spacial score (nSPS) is 21.4. The van der Waals surface area contributed by atoms with Crippen LogP contribution in [-0.4, -0.2) is 116 Å². The van der Waals surface area contributed by atoms with Gasteiger partial charge in [-0.2, -0.15) is 0 Å². The van der Waals surface area contributed by atoms with Crippen LogP contribution in [0.1, 0.15) is 32.0 Å². The molecule has 0 amide bonds. The van der Waals surface area contributed by atoms with Crippen LogP contribution in [-0.2, 0) is 38.2 Å². The Morgan fingerprint density at radius 3 is 1.91 bits per heavy atom. The van der Waals surface area contributed by atoms with E-state index >= 15 is 0 Å². The largest absolute Gasteiger partial charge is 2.00 e.